The predicted molar refractivity (Wildman–Crippen MR) is 87.4 cm³/mol. The lowest BCUT2D eigenvalue weighted by atomic mass is 10.3. The molecule has 0 unspecified atom stereocenters. The molecule has 1 heterocycles. The number of rotatable bonds is 8. The van der Waals surface area contributed by atoms with Gasteiger partial charge in [0, 0.05) is 19.3 Å². The number of nitrogens with zero attached hydrogens (tertiary/aromatic N) is 3. The SMILES string of the molecule is CCN(CC)CCNS(=O)(=O)c1cn(C2CCCC2)nc1C. The normalized spacial score (nSPS) is 16.7. The van der Waals surface area contributed by atoms with Gasteiger partial charge in [0.2, 0.25) is 10.0 Å². The van der Waals surface area contributed by atoms with Crippen molar-refractivity contribution in [2.24, 2.45) is 0 Å². The van der Waals surface area contributed by atoms with Crippen molar-refractivity contribution in [2.45, 2.75) is 57.4 Å². The van der Waals surface area contributed by atoms with Crippen LogP contribution in [0.15, 0.2) is 11.1 Å². The Balaban J connectivity index is 2.02. The van der Waals surface area contributed by atoms with Crippen LogP contribution in [-0.4, -0.2) is 49.3 Å². The summed E-state index contributed by atoms with van der Waals surface area (Å²) in [6, 6.07) is 0.360. The Morgan fingerprint density at radius 3 is 2.55 bits per heavy atom. The quantitative estimate of drug-likeness (QED) is 0.792. The molecule has 0 atom stereocenters. The fourth-order valence-electron chi connectivity index (χ4n) is 3.04. The van der Waals surface area contributed by atoms with Gasteiger partial charge in [0.1, 0.15) is 4.90 Å². The lowest BCUT2D eigenvalue weighted by Gasteiger charge is -2.17. The van der Waals surface area contributed by atoms with E-state index in [4.69, 9.17) is 0 Å². The molecular weight excluding hydrogens is 300 g/mol. The Labute approximate surface area is 133 Å². The van der Waals surface area contributed by atoms with E-state index in [0.717, 1.165) is 32.5 Å². The van der Waals surface area contributed by atoms with Crippen LogP contribution in [0.4, 0.5) is 0 Å². The van der Waals surface area contributed by atoms with E-state index in [9.17, 15) is 8.42 Å². The minimum absolute atomic E-state index is 0.318. The molecule has 7 heteroatoms. The molecule has 126 valence electrons. The third-order valence-corrected chi connectivity index (χ3v) is 6.04. The Hall–Kier alpha value is -0.920. The molecule has 0 bridgehead atoms. The maximum absolute atomic E-state index is 12.5. The standard InChI is InChI=1S/C15H28N4O2S/c1-4-18(5-2)11-10-16-22(20,21)15-12-19(17-13(15)3)14-8-6-7-9-14/h12,14,16H,4-11H2,1-3H3. The van der Waals surface area contributed by atoms with Gasteiger partial charge >= 0.3 is 0 Å². The molecule has 0 saturated heterocycles. The highest BCUT2D eigenvalue weighted by Gasteiger charge is 2.24. The Bertz CT molecular complexity index is 572. The molecule has 6 nitrogen and oxygen atoms in total. The molecule has 2 rings (SSSR count). The van der Waals surface area contributed by atoms with Crippen molar-refractivity contribution in [1.29, 1.82) is 0 Å². The third kappa shape index (κ3) is 4.08. The number of nitrogens with one attached hydrogen (secondary N) is 1. The average molecular weight is 328 g/mol. The summed E-state index contributed by atoms with van der Waals surface area (Å²) in [6.45, 7) is 8.93. The molecule has 1 aliphatic rings. The van der Waals surface area contributed by atoms with Gasteiger partial charge in [0.15, 0.2) is 0 Å². The van der Waals surface area contributed by atoms with Gasteiger partial charge in [0.05, 0.1) is 11.7 Å². The van der Waals surface area contributed by atoms with E-state index in [1.165, 1.54) is 12.8 Å². The van der Waals surface area contributed by atoms with Crippen molar-refractivity contribution in [1.82, 2.24) is 19.4 Å². The highest BCUT2D eigenvalue weighted by atomic mass is 32.2. The summed E-state index contributed by atoms with van der Waals surface area (Å²) in [4.78, 5) is 2.51. The topological polar surface area (TPSA) is 67.2 Å². The monoisotopic (exact) mass is 328 g/mol. The Morgan fingerprint density at radius 1 is 1.32 bits per heavy atom. The third-order valence-electron chi connectivity index (χ3n) is 4.47. The molecule has 1 aliphatic carbocycles. The second kappa shape index (κ2) is 7.57. The first-order chi connectivity index (χ1) is 10.5. The van der Waals surface area contributed by atoms with Gasteiger partial charge in [-0.05, 0) is 32.9 Å². The van der Waals surface area contributed by atoms with Crippen molar-refractivity contribution in [3.63, 3.8) is 0 Å². The van der Waals surface area contributed by atoms with Gasteiger partial charge in [-0.1, -0.05) is 26.7 Å². The molecule has 1 aromatic rings. The number of sulfonamides is 1. The van der Waals surface area contributed by atoms with Crippen molar-refractivity contribution < 1.29 is 8.42 Å². The average Bonchev–Trinajstić information content (AvgIpc) is 3.12. The lowest BCUT2D eigenvalue weighted by Crippen LogP contribution is -2.34. The maximum Gasteiger partial charge on any atom is 0.244 e. The van der Waals surface area contributed by atoms with Crippen LogP contribution in [0.1, 0.15) is 51.3 Å². The van der Waals surface area contributed by atoms with E-state index in [1.807, 2.05) is 4.68 Å². The summed E-state index contributed by atoms with van der Waals surface area (Å²) >= 11 is 0. The molecule has 0 spiro atoms. The molecule has 1 saturated carbocycles. The second-order valence-electron chi connectivity index (χ2n) is 5.92. The van der Waals surface area contributed by atoms with E-state index in [2.05, 4.69) is 28.6 Å². The fourth-order valence-corrected chi connectivity index (χ4v) is 4.23. The highest BCUT2D eigenvalue weighted by molar-refractivity contribution is 7.89. The first-order valence-electron chi connectivity index (χ1n) is 8.25. The van der Waals surface area contributed by atoms with Crippen LogP contribution in [0.25, 0.3) is 0 Å². The second-order valence-corrected chi connectivity index (χ2v) is 7.66. The van der Waals surface area contributed by atoms with Crippen LogP contribution in [-0.2, 0) is 10.0 Å². The fraction of sp³-hybridized carbons (Fsp3) is 0.800. The Kier molecular flexibility index (Phi) is 6.00. The predicted octanol–water partition coefficient (Wildman–Crippen LogP) is 1.93. The summed E-state index contributed by atoms with van der Waals surface area (Å²) in [5, 5.41) is 4.42. The van der Waals surface area contributed by atoms with Crippen LogP contribution < -0.4 is 4.72 Å². The van der Waals surface area contributed by atoms with Gasteiger partial charge in [-0.2, -0.15) is 5.10 Å². The van der Waals surface area contributed by atoms with Gasteiger partial charge in [-0.15, -0.1) is 0 Å². The van der Waals surface area contributed by atoms with Crippen molar-refractivity contribution >= 4 is 10.0 Å². The van der Waals surface area contributed by atoms with Crippen LogP contribution >= 0.6 is 0 Å². The first-order valence-corrected chi connectivity index (χ1v) is 9.74. The van der Waals surface area contributed by atoms with E-state index in [1.54, 1.807) is 13.1 Å². The smallest absolute Gasteiger partial charge is 0.244 e. The zero-order valence-electron chi connectivity index (χ0n) is 13.9. The largest absolute Gasteiger partial charge is 0.303 e. The molecule has 1 N–H and O–H groups in total. The van der Waals surface area contributed by atoms with E-state index < -0.39 is 10.0 Å². The van der Waals surface area contributed by atoms with Crippen LogP contribution in [0.3, 0.4) is 0 Å². The molecule has 1 aromatic heterocycles. The Morgan fingerprint density at radius 2 is 1.95 bits per heavy atom. The summed E-state index contributed by atoms with van der Waals surface area (Å²) in [6.07, 6.45) is 6.29. The van der Waals surface area contributed by atoms with Gasteiger partial charge in [-0.25, -0.2) is 13.1 Å². The number of aromatic nitrogens is 2. The van der Waals surface area contributed by atoms with E-state index in [0.29, 0.717) is 23.2 Å². The molecule has 0 amide bonds. The van der Waals surface area contributed by atoms with Crippen LogP contribution in [0, 0.1) is 6.92 Å². The van der Waals surface area contributed by atoms with Crippen LogP contribution in [0.2, 0.25) is 0 Å². The van der Waals surface area contributed by atoms with E-state index >= 15 is 0 Å². The number of likely N-dealkylation sites (N-methyl/N-ethyl adjacent to an activating group) is 1. The molecular formula is C15H28N4O2S. The summed E-state index contributed by atoms with van der Waals surface area (Å²) in [5.74, 6) is 0. The summed E-state index contributed by atoms with van der Waals surface area (Å²) in [7, 11) is -3.47. The van der Waals surface area contributed by atoms with Crippen molar-refractivity contribution in [2.75, 3.05) is 26.2 Å². The summed E-state index contributed by atoms with van der Waals surface area (Å²) < 4.78 is 29.5. The number of hydrogen-bond donors (Lipinski definition) is 1. The van der Waals surface area contributed by atoms with Crippen molar-refractivity contribution in [3.8, 4) is 0 Å². The van der Waals surface area contributed by atoms with Gasteiger partial charge in [-0.3, -0.25) is 4.68 Å². The lowest BCUT2D eigenvalue weighted by molar-refractivity contribution is 0.309. The van der Waals surface area contributed by atoms with E-state index in [-0.39, 0.29) is 0 Å². The molecule has 1 fully saturated rings. The minimum Gasteiger partial charge on any atom is -0.303 e. The number of hydrogen-bond acceptors (Lipinski definition) is 4. The molecule has 0 aromatic carbocycles. The zero-order valence-corrected chi connectivity index (χ0v) is 14.7. The molecule has 22 heavy (non-hydrogen) atoms. The first kappa shape index (κ1) is 17.4. The molecule has 0 radical (unpaired) electrons. The van der Waals surface area contributed by atoms with Crippen molar-refractivity contribution in [3.05, 3.63) is 11.9 Å². The maximum atomic E-state index is 12.5. The van der Waals surface area contributed by atoms with Crippen LogP contribution in [0.5, 0.6) is 0 Å². The molecule has 0 aliphatic heterocycles. The summed E-state index contributed by atoms with van der Waals surface area (Å²) in [5.41, 5.74) is 0.585. The number of aryl methyl sites for hydroxylation is 1. The van der Waals surface area contributed by atoms with Gasteiger partial charge < -0.3 is 4.90 Å². The zero-order chi connectivity index (χ0) is 16.2. The van der Waals surface area contributed by atoms with Gasteiger partial charge in [0.25, 0.3) is 0 Å². The highest BCUT2D eigenvalue weighted by Crippen LogP contribution is 2.30. The minimum atomic E-state index is -3.47.